The zero-order valence-electron chi connectivity index (χ0n) is 9.09. The van der Waals surface area contributed by atoms with Crippen LogP contribution >= 0.6 is 12.4 Å². The number of nitrogens with zero attached hydrogens (tertiary/aromatic N) is 1. The van der Waals surface area contributed by atoms with Gasteiger partial charge in [-0.15, -0.1) is 12.4 Å². The van der Waals surface area contributed by atoms with Crippen molar-refractivity contribution < 1.29 is 5.11 Å². The molecule has 0 fully saturated rings. The highest BCUT2D eigenvalue weighted by Crippen LogP contribution is 2.28. The molecule has 3 rings (SSSR count). The topological polar surface area (TPSA) is 84.0 Å². The van der Waals surface area contributed by atoms with E-state index in [1.165, 1.54) is 0 Å². The molecule has 1 aliphatic rings. The van der Waals surface area contributed by atoms with Crippen LogP contribution in [0.25, 0.3) is 11.0 Å². The van der Waals surface area contributed by atoms with Crippen LogP contribution in [0, 0.1) is 0 Å². The zero-order chi connectivity index (χ0) is 11.3. The van der Waals surface area contributed by atoms with Crippen LogP contribution in [0.15, 0.2) is 23.0 Å². The van der Waals surface area contributed by atoms with Crippen LogP contribution in [-0.2, 0) is 6.54 Å². The summed E-state index contributed by atoms with van der Waals surface area (Å²) in [5.74, 6) is 0. The average molecular weight is 256 g/mol. The number of aromatic amines is 1. The molecule has 2 heterocycles. The van der Waals surface area contributed by atoms with E-state index in [1.54, 1.807) is 4.57 Å². The average Bonchev–Trinajstić information content (AvgIpc) is 2.53. The molecule has 92 valence electrons. The molecule has 6 heteroatoms. The van der Waals surface area contributed by atoms with Crippen molar-refractivity contribution in [3.8, 4) is 0 Å². The number of para-hydroxylation sites is 1. The number of benzene rings is 1. The number of nitrogens with two attached hydrogens (primary N) is 1. The highest BCUT2D eigenvalue weighted by atomic mass is 35.5. The number of halogens is 1. The molecule has 0 amide bonds. The van der Waals surface area contributed by atoms with Gasteiger partial charge in [0.15, 0.2) is 0 Å². The SMILES string of the molecule is Cl.N[C@H]1CCn2c(=O)[nH]c3cccc(c32)[C@@H]1O. The minimum atomic E-state index is -0.701. The predicted octanol–water partition coefficient (Wildman–Crippen LogP) is 0.516. The minimum absolute atomic E-state index is 0. The summed E-state index contributed by atoms with van der Waals surface area (Å²) in [5.41, 5.74) is 8.01. The first-order chi connectivity index (χ1) is 7.68. The number of rotatable bonds is 0. The second kappa shape index (κ2) is 4.18. The van der Waals surface area contributed by atoms with Crippen molar-refractivity contribution in [1.29, 1.82) is 0 Å². The van der Waals surface area contributed by atoms with Gasteiger partial charge in [-0.2, -0.15) is 0 Å². The van der Waals surface area contributed by atoms with Crippen molar-refractivity contribution >= 4 is 23.4 Å². The highest BCUT2D eigenvalue weighted by molar-refractivity contribution is 5.85. The molecule has 4 N–H and O–H groups in total. The highest BCUT2D eigenvalue weighted by Gasteiger charge is 2.25. The van der Waals surface area contributed by atoms with E-state index in [4.69, 9.17) is 5.73 Å². The summed E-state index contributed by atoms with van der Waals surface area (Å²) >= 11 is 0. The molecule has 0 unspecified atom stereocenters. The van der Waals surface area contributed by atoms with Gasteiger partial charge in [-0.1, -0.05) is 12.1 Å². The summed E-state index contributed by atoms with van der Waals surface area (Å²) in [5, 5.41) is 10.1. The molecule has 0 saturated carbocycles. The summed E-state index contributed by atoms with van der Waals surface area (Å²) in [4.78, 5) is 14.5. The van der Waals surface area contributed by atoms with Crippen molar-refractivity contribution in [2.24, 2.45) is 5.73 Å². The second-order valence-corrected chi connectivity index (χ2v) is 4.22. The van der Waals surface area contributed by atoms with Crippen molar-refractivity contribution in [3.05, 3.63) is 34.2 Å². The molecule has 1 aliphatic heterocycles. The maximum Gasteiger partial charge on any atom is 0.326 e. The van der Waals surface area contributed by atoms with Crippen LogP contribution in [0.3, 0.4) is 0 Å². The Labute approximate surface area is 104 Å². The monoisotopic (exact) mass is 255 g/mol. The van der Waals surface area contributed by atoms with Gasteiger partial charge in [0.25, 0.3) is 0 Å². The van der Waals surface area contributed by atoms with Crippen LogP contribution in [0.4, 0.5) is 0 Å². The fourth-order valence-corrected chi connectivity index (χ4v) is 2.37. The van der Waals surface area contributed by atoms with E-state index < -0.39 is 6.10 Å². The number of hydrogen-bond acceptors (Lipinski definition) is 3. The lowest BCUT2D eigenvalue weighted by molar-refractivity contribution is 0.144. The molecule has 2 atom stereocenters. The molecule has 0 spiro atoms. The molecule has 0 aliphatic carbocycles. The summed E-state index contributed by atoms with van der Waals surface area (Å²) in [7, 11) is 0. The molecule has 5 nitrogen and oxygen atoms in total. The lowest BCUT2D eigenvalue weighted by Gasteiger charge is -2.15. The molecule has 2 aromatic rings. The number of imidazole rings is 1. The van der Waals surface area contributed by atoms with Gasteiger partial charge < -0.3 is 15.8 Å². The normalized spacial score (nSPS) is 23.2. The molecule has 1 aromatic heterocycles. The third kappa shape index (κ3) is 1.67. The lowest BCUT2D eigenvalue weighted by Crippen LogP contribution is -2.28. The number of H-pyrrole nitrogens is 1. The molecule has 0 radical (unpaired) electrons. The quantitative estimate of drug-likeness (QED) is 0.642. The maximum atomic E-state index is 11.7. The van der Waals surface area contributed by atoms with E-state index in [1.807, 2.05) is 18.2 Å². The Bertz CT molecular complexity index is 604. The first kappa shape index (κ1) is 12.2. The van der Waals surface area contributed by atoms with E-state index in [9.17, 15) is 9.90 Å². The molecular weight excluding hydrogens is 242 g/mol. The van der Waals surface area contributed by atoms with Gasteiger partial charge in [0, 0.05) is 18.2 Å². The van der Waals surface area contributed by atoms with Gasteiger partial charge in [-0.25, -0.2) is 4.79 Å². The third-order valence-electron chi connectivity index (χ3n) is 3.23. The van der Waals surface area contributed by atoms with Crippen LogP contribution in [-0.4, -0.2) is 20.7 Å². The Morgan fingerprint density at radius 3 is 3.00 bits per heavy atom. The molecule has 0 saturated heterocycles. The number of aryl methyl sites for hydroxylation is 1. The first-order valence-electron chi connectivity index (χ1n) is 5.33. The van der Waals surface area contributed by atoms with Gasteiger partial charge >= 0.3 is 5.69 Å². The van der Waals surface area contributed by atoms with Crippen LogP contribution in [0.2, 0.25) is 0 Å². The van der Waals surface area contributed by atoms with Crippen molar-refractivity contribution in [2.75, 3.05) is 0 Å². The first-order valence-corrected chi connectivity index (χ1v) is 5.33. The van der Waals surface area contributed by atoms with E-state index in [2.05, 4.69) is 4.98 Å². The number of aliphatic hydroxyl groups is 1. The van der Waals surface area contributed by atoms with Gasteiger partial charge in [0.2, 0.25) is 0 Å². The van der Waals surface area contributed by atoms with E-state index >= 15 is 0 Å². The summed E-state index contributed by atoms with van der Waals surface area (Å²) in [6.07, 6.45) is -0.101. The summed E-state index contributed by atoms with van der Waals surface area (Å²) in [6, 6.07) is 5.16. The zero-order valence-corrected chi connectivity index (χ0v) is 9.91. The van der Waals surface area contributed by atoms with Crippen LogP contribution in [0.5, 0.6) is 0 Å². The largest absolute Gasteiger partial charge is 0.387 e. The summed E-state index contributed by atoms with van der Waals surface area (Å²) < 4.78 is 1.65. The van der Waals surface area contributed by atoms with Crippen molar-refractivity contribution in [2.45, 2.75) is 25.1 Å². The molecule has 1 aromatic carbocycles. The Balaban J connectivity index is 0.00000108. The minimum Gasteiger partial charge on any atom is -0.387 e. The van der Waals surface area contributed by atoms with Crippen LogP contribution in [0.1, 0.15) is 18.1 Å². The smallest absolute Gasteiger partial charge is 0.326 e. The lowest BCUT2D eigenvalue weighted by atomic mass is 10.0. The predicted molar refractivity (Wildman–Crippen MR) is 67.4 cm³/mol. The van der Waals surface area contributed by atoms with Crippen molar-refractivity contribution in [1.82, 2.24) is 9.55 Å². The Hall–Kier alpha value is -1.30. The summed E-state index contributed by atoms with van der Waals surface area (Å²) in [6.45, 7) is 0.550. The Morgan fingerprint density at radius 2 is 2.24 bits per heavy atom. The van der Waals surface area contributed by atoms with E-state index in [0.29, 0.717) is 13.0 Å². The fourth-order valence-electron chi connectivity index (χ4n) is 2.37. The van der Waals surface area contributed by atoms with Gasteiger partial charge in [-0.05, 0) is 12.5 Å². The standard InChI is InChI=1S/C11H13N3O2.ClH/c12-7-4-5-14-9-6(10(7)15)2-1-3-8(9)13-11(14)16;/h1-3,7,10,15H,4-5,12H2,(H,13,16);1H/t7-,10-;/m0./s1. The van der Waals surface area contributed by atoms with E-state index in [-0.39, 0.29) is 24.1 Å². The Kier molecular flexibility index (Phi) is 2.99. The maximum absolute atomic E-state index is 11.7. The fraction of sp³-hybridized carbons (Fsp3) is 0.364. The van der Waals surface area contributed by atoms with Crippen molar-refractivity contribution in [3.63, 3.8) is 0 Å². The second-order valence-electron chi connectivity index (χ2n) is 4.22. The van der Waals surface area contributed by atoms with Gasteiger partial charge in [-0.3, -0.25) is 4.57 Å². The third-order valence-corrected chi connectivity index (χ3v) is 3.23. The number of aliphatic hydroxyl groups excluding tert-OH is 1. The molecule has 17 heavy (non-hydrogen) atoms. The molecular formula is C11H14ClN3O2. The number of nitrogens with one attached hydrogen (secondary N) is 1. The number of hydrogen-bond donors (Lipinski definition) is 3. The van der Waals surface area contributed by atoms with Crippen LogP contribution < -0.4 is 11.4 Å². The van der Waals surface area contributed by atoms with Gasteiger partial charge in [0.1, 0.15) is 0 Å². The number of aromatic nitrogens is 2. The molecule has 0 bridgehead atoms. The Morgan fingerprint density at radius 1 is 1.47 bits per heavy atom. The van der Waals surface area contributed by atoms with Gasteiger partial charge in [0.05, 0.1) is 17.1 Å². The van der Waals surface area contributed by atoms with E-state index in [0.717, 1.165) is 16.6 Å².